The van der Waals surface area contributed by atoms with Crippen LogP contribution in [0.15, 0.2) is 5.16 Å². The summed E-state index contributed by atoms with van der Waals surface area (Å²) in [5, 5.41) is 15.4. The van der Waals surface area contributed by atoms with Crippen LogP contribution in [0.5, 0.6) is 0 Å². The van der Waals surface area contributed by atoms with E-state index in [9.17, 15) is 9.59 Å². The van der Waals surface area contributed by atoms with Crippen LogP contribution in [0.2, 0.25) is 0 Å². The highest BCUT2D eigenvalue weighted by atomic mass is 32.2. The van der Waals surface area contributed by atoms with Gasteiger partial charge in [-0.1, -0.05) is 45.4 Å². The van der Waals surface area contributed by atoms with Gasteiger partial charge in [-0.05, 0) is 25.5 Å². The normalized spacial score (nSPS) is 15.1. The number of nitrogens with one attached hydrogen (secondary N) is 2. The zero-order valence-corrected chi connectivity index (χ0v) is 17.8. The van der Waals surface area contributed by atoms with E-state index in [0.717, 1.165) is 23.8 Å². The SMILES string of the molecule is CSc1nnc(CCCNC(=O)CCNC(=O)C(C)(C)C)n1C1CCCC1. The molecule has 1 aromatic rings. The summed E-state index contributed by atoms with van der Waals surface area (Å²) in [6.45, 7) is 6.55. The van der Waals surface area contributed by atoms with Gasteiger partial charge in [-0.25, -0.2) is 0 Å². The average molecular weight is 396 g/mol. The number of hydrogen-bond donors (Lipinski definition) is 2. The summed E-state index contributed by atoms with van der Waals surface area (Å²) in [7, 11) is 0. The van der Waals surface area contributed by atoms with Gasteiger partial charge in [0.05, 0.1) is 0 Å². The third-order valence-corrected chi connectivity index (χ3v) is 5.47. The molecule has 0 radical (unpaired) electrons. The zero-order chi connectivity index (χ0) is 19.9. The topological polar surface area (TPSA) is 88.9 Å². The summed E-state index contributed by atoms with van der Waals surface area (Å²) in [5.74, 6) is 0.954. The van der Waals surface area contributed by atoms with Gasteiger partial charge in [0, 0.05) is 37.4 Å². The van der Waals surface area contributed by atoms with Crippen molar-refractivity contribution < 1.29 is 9.59 Å². The number of hydrogen-bond acceptors (Lipinski definition) is 5. The molecular formula is C19H33N5O2S. The smallest absolute Gasteiger partial charge is 0.225 e. The summed E-state index contributed by atoms with van der Waals surface area (Å²) in [5.41, 5.74) is -0.429. The molecule has 0 saturated heterocycles. The molecule has 1 saturated carbocycles. The van der Waals surface area contributed by atoms with Crippen molar-refractivity contribution in [1.29, 1.82) is 0 Å². The van der Waals surface area contributed by atoms with Gasteiger partial charge in [0.15, 0.2) is 5.16 Å². The highest BCUT2D eigenvalue weighted by molar-refractivity contribution is 7.98. The molecule has 2 rings (SSSR count). The minimum absolute atomic E-state index is 0.0359. The molecule has 27 heavy (non-hydrogen) atoms. The Kier molecular flexibility index (Phi) is 8.13. The molecule has 0 aliphatic heterocycles. The molecule has 152 valence electrons. The third kappa shape index (κ3) is 6.52. The lowest BCUT2D eigenvalue weighted by atomic mass is 9.96. The van der Waals surface area contributed by atoms with Crippen LogP contribution in [-0.4, -0.2) is 45.9 Å². The number of amides is 2. The molecule has 7 nitrogen and oxygen atoms in total. The van der Waals surface area contributed by atoms with Gasteiger partial charge in [0.25, 0.3) is 0 Å². The van der Waals surface area contributed by atoms with E-state index in [1.54, 1.807) is 11.8 Å². The second-order valence-corrected chi connectivity index (χ2v) is 8.89. The first-order valence-corrected chi connectivity index (χ1v) is 11.1. The van der Waals surface area contributed by atoms with Gasteiger partial charge in [-0.15, -0.1) is 10.2 Å². The first-order chi connectivity index (χ1) is 12.8. The Balaban J connectivity index is 1.70. The molecule has 1 aliphatic rings. The maximum Gasteiger partial charge on any atom is 0.225 e. The number of rotatable bonds is 9. The Morgan fingerprint density at radius 1 is 1.15 bits per heavy atom. The highest BCUT2D eigenvalue weighted by Crippen LogP contribution is 2.33. The lowest BCUT2D eigenvalue weighted by Gasteiger charge is -2.17. The molecule has 1 fully saturated rings. The van der Waals surface area contributed by atoms with Crippen LogP contribution in [0.25, 0.3) is 0 Å². The van der Waals surface area contributed by atoms with Crippen molar-refractivity contribution >= 4 is 23.6 Å². The highest BCUT2D eigenvalue weighted by Gasteiger charge is 2.23. The van der Waals surface area contributed by atoms with Crippen molar-refractivity contribution in [3.63, 3.8) is 0 Å². The maximum absolute atomic E-state index is 11.9. The van der Waals surface area contributed by atoms with Gasteiger partial charge in [0.1, 0.15) is 5.82 Å². The minimum atomic E-state index is -0.429. The van der Waals surface area contributed by atoms with Crippen molar-refractivity contribution in [2.45, 2.75) is 76.9 Å². The van der Waals surface area contributed by atoms with Crippen molar-refractivity contribution in [2.75, 3.05) is 19.3 Å². The second-order valence-electron chi connectivity index (χ2n) is 8.12. The van der Waals surface area contributed by atoms with Crippen molar-refractivity contribution in [3.05, 3.63) is 5.82 Å². The number of aryl methyl sites for hydroxylation is 1. The summed E-state index contributed by atoms with van der Waals surface area (Å²) in [6.07, 6.45) is 8.94. The van der Waals surface area contributed by atoms with Gasteiger partial charge in [-0.2, -0.15) is 0 Å². The van der Waals surface area contributed by atoms with Crippen LogP contribution in [-0.2, 0) is 16.0 Å². The van der Waals surface area contributed by atoms with E-state index in [1.165, 1.54) is 25.7 Å². The first-order valence-electron chi connectivity index (χ1n) is 9.85. The summed E-state index contributed by atoms with van der Waals surface area (Å²) < 4.78 is 2.31. The van der Waals surface area contributed by atoms with Crippen molar-refractivity contribution in [3.8, 4) is 0 Å². The Morgan fingerprint density at radius 2 is 1.85 bits per heavy atom. The van der Waals surface area contributed by atoms with Crippen LogP contribution in [0.1, 0.15) is 71.2 Å². The summed E-state index contributed by atoms with van der Waals surface area (Å²) in [6, 6.07) is 0.526. The zero-order valence-electron chi connectivity index (χ0n) is 17.0. The van der Waals surface area contributed by atoms with E-state index in [4.69, 9.17) is 0 Å². The number of carbonyl (C=O) groups is 2. The molecule has 8 heteroatoms. The fourth-order valence-electron chi connectivity index (χ4n) is 3.26. The molecule has 0 spiro atoms. The lowest BCUT2D eigenvalue weighted by Crippen LogP contribution is -2.37. The van der Waals surface area contributed by atoms with Crippen LogP contribution in [0, 0.1) is 5.41 Å². The van der Waals surface area contributed by atoms with Crippen molar-refractivity contribution in [1.82, 2.24) is 25.4 Å². The molecule has 2 amide bonds. The number of thioether (sulfide) groups is 1. The fourth-order valence-corrected chi connectivity index (χ4v) is 3.84. The summed E-state index contributed by atoms with van der Waals surface area (Å²) in [4.78, 5) is 23.7. The summed E-state index contributed by atoms with van der Waals surface area (Å²) >= 11 is 1.65. The fraction of sp³-hybridized carbons (Fsp3) is 0.789. The Hall–Kier alpha value is -1.57. The van der Waals surface area contributed by atoms with Gasteiger partial charge in [0.2, 0.25) is 11.8 Å². The number of nitrogens with zero attached hydrogens (tertiary/aromatic N) is 3. The molecule has 1 aromatic heterocycles. The van der Waals surface area contributed by atoms with Crippen LogP contribution < -0.4 is 10.6 Å². The number of carbonyl (C=O) groups excluding carboxylic acids is 2. The van der Waals surface area contributed by atoms with Crippen molar-refractivity contribution in [2.24, 2.45) is 5.41 Å². The molecule has 0 atom stereocenters. The average Bonchev–Trinajstić information content (AvgIpc) is 3.26. The predicted molar refractivity (Wildman–Crippen MR) is 108 cm³/mol. The molecule has 1 aliphatic carbocycles. The van der Waals surface area contributed by atoms with E-state index >= 15 is 0 Å². The van der Waals surface area contributed by atoms with Gasteiger partial charge >= 0.3 is 0 Å². The second kappa shape index (κ2) is 10.1. The Labute approximate surface area is 166 Å². The Morgan fingerprint density at radius 3 is 2.48 bits per heavy atom. The maximum atomic E-state index is 11.9. The largest absolute Gasteiger partial charge is 0.356 e. The van der Waals surface area contributed by atoms with Gasteiger partial charge in [-0.3, -0.25) is 9.59 Å². The lowest BCUT2D eigenvalue weighted by molar-refractivity contribution is -0.128. The molecule has 1 heterocycles. The van der Waals surface area contributed by atoms with Crippen LogP contribution in [0.3, 0.4) is 0 Å². The minimum Gasteiger partial charge on any atom is -0.356 e. The Bertz CT molecular complexity index is 633. The molecular weight excluding hydrogens is 362 g/mol. The van der Waals surface area contributed by atoms with Crippen LogP contribution >= 0.6 is 11.8 Å². The molecule has 0 aromatic carbocycles. The standard InChI is InChI=1S/C19H33N5O2S/c1-19(2,3)17(26)21-13-11-16(25)20-12-7-10-15-22-23-18(27-4)24(15)14-8-5-6-9-14/h14H,5-13H2,1-4H3,(H,20,25)(H,21,26). The monoisotopic (exact) mass is 395 g/mol. The molecule has 0 bridgehead atoms. The predicted octanol–water partition coefficient (Wildman–Crippen LogP) is 2.72. The number of aromatic nitrogens is 3. The van der Waals surface area contributed by atoms with Crippen LogP contribution in [0.4, 0.5) is 0 Å². The third-order valence-electron chi connectivity index (χ3n) is 4.83. The van der Waals surface area contributed by atoms with E-state index in [-0.39, 0.29) is 11.8 Å². The molecule has 0 unspecified atom stereocenters. The van der Waals surface area contributed by atoms with E-state index in [1.807, 2.05) is 27.0 Å². The molecule has 2 N–H and O–H groups in total. The van der Waals surface area contributed by atoms with E-state index in [0.29, 0.717) is 25.6 Å². The first kappa shape index (κ1) is 21.7. The van der Waals surface area contributed by atoms with E-state index in [2.05, 4.69) is 25.4 Å². The quantitative estimate of drug-likeness (QED) is 0.496. The van der Waals surface area contributed by atoms with Gasteiger partial charge < -0.3 is 15.2 Å². The van der Waals surface area contributed by atoms with E-state index < -0.39 is 5.41 Å².